The molecule has 1 saturated heterocycles. The van der Waals surface area contributed by atoms with E-state index in [9.17, 15) is 14.4 Å². The van der Waals surface area contributed by atoms with Gasteiger partial charge in [0, 0.05) is 25.2 Å². The van der Waals surface area contributed by atoms with Crippen molar-refractivity contribution in [3.05, 3.63) is 29.8 Å². The fraction of sp³-hybridized carbons (Fsp3) is 0.526. The Balaban J connectivity index is 1.86. The molecule has 1 aromatic carbocycles. The number of benzene rings is 1. The quantitative estimate of drug-likeness (QED) is 0.812. The van der Waals surface area contributed by atoms with E-state index in [0.717, 1.165) is 11.3 Å². The Morgan fingerprint density at radius 2 is 1.88 bits per heavy atom. The van der Waals surface area contributed by atoms with Crippen molar-refractivity contribution in [2.75, 3.05) is 25.1 Å². The number of hydrogen-bond donors (Lipinski definition) is 1. The third-order valence-corrected chi connectivity index (χ3v) is 3.99. The summed E-state index contributed by atoms with van der Waals surface area (Å²) in [7, 11) is 1.33. The Kier molecular flexibility index (Phi) is 6.23. The molecule has 0 aliphatic carbocycles. The highest BCUT2D eigenvalue weighted by atomic mass is 16.6. The molecule has 1 aliphatic rings. The van der Waals surface area contributed by atoms with Gasteiger partial charge in [-0.2, -0.15) is 0 Å². The smallest absolute Gasteiger partial charge is 0.407 e. The van der Waals surface area contributed by atoms with Crippen LogP contribution >= 0.6 is 0 Å². The molecule has 0 radical (unpaired) electrons. The van der Waals surface area contributed by atoms with Gasteiger partial charge in [0.2, 0.25) is 5.91 Å². The molecule has 2 amide bonds. The molecular weight excluding hydrogens is 336 g/mol. The zero-order valence-corrected chi connectivity index (χ0v) is 15.7. The Bertz CT molecular complexity index is 664. The average molecular weight is 362 g/mol. The summed E-state index contributed by atoms with van der Waals surface area (Å²) in [6.07, 6.45) is 0.387. The number of carbonyl (C=O) groups excluding carboxylic acids is 3. The molecule has 1 heterocycles. The Labute approximate surface area is 153 Å². The van der Waals surface area contributed by atoms with Gasteiger partial charge in [0.15, 0.2) is 0 Å². The predicted octanol–water partition coefficient (Wildman–Crippen LogP) is 2.28. The molecule has 1 unspecified atom stereocenters. The molecule has 1 N–H and O–H groups in total. The highest BCUT2D eigenvalue weighted by molar-refractivity contribution is 5.99. The summed E-state index contributed by atoms with van der Waals surface area (Å²) in [5, 5.41) is 2.71. The van der Waals surface area contributed by atoms with E-state index in [1.165, 1.54) is 7.11 Å². The molecule has 0 aromatic heterocycles. The van der Waals surface area contributed by atoms with Crippen LogP contribution in [0.25, 0.3) is 0 Å². The fourth-order valence-electron chi connectivity index (χ4n) is 2.75. The van der Waals surface area contributed by atoms with E-state index < -0.39 is 17.6 Å². The second kappa shape index (κ2) is 8.21. The van der Waals surface area contributed by atoms with E-state index in [2.05, 4.69) is 5.32 Å². The van der Waals surface area contributed by atoms with Crippen LogP contribution in [0.5, 0.6) is 0 Å². The zero-order chi connectivity index (χ0) is 19.3. The second-order valence-corrected chi connectivity index (χ2v) is 7.27. The van der Waals surface area contributed by atoms with Gasteiger partial charge in [-0.3, -0.25) is 9.59 Å². The molecule has 26 heavy (non-hydrogen) atoms. The van der Waals surface area contributed by atoms with Gasteiger partial charge in [-0.1, -0.05) is 12.1 Å². The lowest BCUT2D eigenvalue weighted by Crippen LogP contribution is -2.33. The van der Waals surface area contributed by atoms with Crippen LogP contribution in [0.3, 0.4) is 0 Å². The number of rotatable bonds is 5. The van der Waals surface area contributed by atoms with Crippen LogP contribution < -0.4 is 10.2 Å². The lowest BCUT2D eigenvalue weighted by Gasteiger charge is -2.19. The number of methoxy groups -OCH3 is 1. The van der Waals surface area contributed by atoms with Crippen LogP contribution in [0.15, 0.2) is 24.3 Å². The van der Waals surface area contributed by atoms with Crippen LogP contribution in [-0.2, 0) is 25.5 Å². The summed E-state index contributed by atoms with van der Waals surface area (Å²) < 4.78 is 9.90. The lowest BCUT2D eigenvalue weighted by molar-refractivity contribution is -0.145. The number of amides is 2. The van der Waals surface area contributed by atoms with Crippen LogP contribution in [0.4, 0.5) is 10.5 Å². The van der Waals surface area contributed by atoms with Gasteiger partial charge in [-0.25, -0.2) is 4.79 Å². The highest BCUT2D eigenvalue weighted by Gasteiger charge is 2.35. The van der Waals surface area contributed by atoms with Crippen molar-refractivity contribution in [1.82, 2.24) is 5.32 Å². The van der Waals surface area contributed by atoms with Crippen LogP contribution in [0.2, 0.25) is 0 Å². The standard InChI is InChI=1S/C19H26N2O5/c1-19(2,3)26-18(24)20-10-9-13-5-7-15(8-6-13)21-12-14(11-16(21)22)17(23)25-4/h5-8,14H,9-12H2,1-4H3,(H,20,24). The molecule has 0 bridgehead atoms. The first-order chi connectivity index (χ1) is 12.2. The normalized spacial score (nSPS) is 17.2. The van der Waals surface area contributed by atoms with Crippen molar-refractivity contribution in [2.45, 2.75) is 39.2 Å². The molecule has 7 heteroatoms. The van der Waals surface area contributed by atoms with Crippen molar-refractivity contribution in [1.29, 1.82) is 0 Å². The SMILES string of the molecule is COC(=O)C1CC(=O)N(c2ccc(CCNC(=O)OC(C)(C)C)cc2)C1. The van der Waals surface area contributed by atoms with E-state index in [1.807, 2.05) is 45.0 Å². The van der Waals surface area contributed by atoms with Gasteiger partial charge < -0.3 is 19.7 Å². The summed E-state index contributed by atoms with van der Waals surface area (Å²) in [6, 6.07) is 7.51. The summed E-state index contributed by atoms with van der Waals surface area (Å²) >= 11 is 0. The summed E-state index contributed by atoms with van der Waals surface area (Å²) in [5.41, 5.74) is 1.27. The number of carbonyl (C=O) groups is 3. The molecular formula is C19H26N2O5. The maximum Gasteiger partial charge on any atom is 0.407 e. The largest absolute Gasteiger partial charge is 0.469 e. The van der Waals surface area contributed by atoms with Gasteiger partial charge in [0.1, 0.15) is 5.60 Å². The van der Waals surface area contributed by atoms with E-state index in [4.69, 9.17) is 9.47 Å². The summed E-state index contributed by atoms with van der Waals surface area (Å²) in [4.78, 5) is 36.9. The number of hydrogen-bond acceptors (Lipinski definition) is 5. The van der Waals surface area contributed by atoms with Gasteiger partial charge in [-0.05, 0) is 44.9 Å². The van der Waals surface area contributed by atoms with Crippen molar-refractivity contribution >= 4 is 23.7 Å². The molecule has 2 rings (SSSR count). The minimum absolute atomic E-state index is 0.0836. The maximum atomic E-state index is 12.1. The first kappa shape index (κ1) is 19.8. The van der Waals surface area contributed by atoms with Crippen LogP contribution in [-0.4, -0.2) is 43.8 Å². The van der Waals surface area contributed by atoms with Crippen LogP contribution in [0, 0.1) is 5.92 Å². The molecule has 0 spiro atoms. The summed E-state index contributed by atoms with van der Waals surface area (Å²) in [6.45, 7) is 6.24. The second-order valence-electron chi connectivity index (χ2n) is 7.27. The number of nitrogens with zero attached hydrogens (tertiary/aromatic N) is 1. The van der Waals surface area contributed by atoms with Crippen molar-refractivity contribution in [2.24, 2.45) is 5.92 Å². The minimum atomic E-state index is -0.518. The fourth-order valence-corrected chi connectivity index (χ4v) is 2.75. The third kappa shape index (κ3) is 5.47. The Morgan fingerprint density at radius 3 is 2.46 bits per heavy atom. The lowest BCUT2D eigenvalue weighted by atomic mass is 10.1. The topological polar surface area (TPSA) is 84.9 Å². The molecule has 1 fully saturated rings. The van der Waals surface area contributed by atoms with E-state index in [1.54, 1.807) is 4.90 Å². The number of anilines is 1. The first-order valence-electron chi connectivity index (χ1n) is 8.63. The van der Waals surface area contributed by atoms with Gasteiger partial charge in [0.05, 0.1) is 13.0 Å². The molecule has 1 aliphatic heterocycles. The first-order valence-corrected chi connectivity index (χ1v) is 8.63. The Hall–Kier alpha value is -2.57. The van der Waals surface area contributed by atoms with Crippen molar-refractivity contribution < 1.29 is 23.9 Å². The Morgan fingerprint density at radius 1 is 1.23 bits per heavy atom. The monoisotopic (exact) mass is 362 g/mol. The highest BCUT2D eigenvalue weighted by Crippen LogP contribution is 2.26. The molecule has 0 saturated carbocycles. The number of nitrogens with one attached hydrogen (secondary N) is 1. The predicted molar refractivity (Wildman–Crippen MR) is 96.9 cm³/mol. The van der Waals surface area contributed by atoms with Crippen molar-refractivity contribution in [3.63, 3.8) is 0 Å². The minimum Gasteiger partial charge on any atom is -0.469 e. The van der Waals surface area contributed by atoms with E-state index in [0.29, 0.717) is 19.5 Å². The van der Waals surface area contributed by atoms with E-state index in [-0.39, 0.29) is 18.3 Å². The molecule has 142 valence electrons. The molecule has 1 atom stereocenters. The zero-order valence-electron chi connectivity index (χ0n) is 15.7. The van der Waals surface area contributed by atoms with E-state index >= 15 is 0 Å². The van der Waals surface area contributed by atoms with Gasteiger partial charge >= 0.3 is 12.1 Å². The van der Waals surface area contributed by atoms with Crippen molar-refractivity contribution in [3.8, 4) is 0 Å². The van der Waals surface area contributed by atoms with Gasteiger partial charge in [-0.15, -0.1) is 0 Å². The number of ether oxygens (including phenoxy) is 2. The third-order valence-electron chi connectivity index (χ3n) is 3.99. The molecule has 1 aromatic rings. The molecule has 7 nitrogen and oxygen atoms in total. The van der Waals surface area contributed by atoms with Crippen LogP contribution in [0.1, 0.15) is 32.8 Å². The summed E-state index contributed by atoms with van der Waals surface area (Å²) in [5.74, 6) is -0.851. The average Bonchev–Trinajstić information content (AvgIpc) is 2.95. The number of alkyl carbamates (subject to hydrolysis) is 1. The van der Waals surface area contributed by atoms with Gasteiger partial charge in [0.25, 0.3) is 0 Å². The number of esters is 1. The maximum absolute atomic E-state index is 12.1.